The number of nitrogens with zero attached hydrogens (tertiary/aromatic N) is 3. The van der Waals surface area contributed by atoms with Crippen LogP contribution < -0.4 is 5.32 Å². The summed E-state index contributed by atoms with van der Waals surface area (Å²) in [6.45, 7) is 6.77. The normalized spacial score (nSPS) is 23.1. The van der Waals surface area contributed by atoms with Gasteiger partial charge in [0, 0.05) is 32.0 Å². The molecular weight excluding hydrogens is 300 g/mol. The van der Waals surface area contributed by atoms with Gasteiger partial charge in [0.25, 0.3) is 0 Å². The summed E-state index contributed by atoms with van der Waals surface area (Å²) in [5, 5.41) is 3.17. The minimum absolute atomic E-state index is 0.197. The number of piperidine rings is 2. The molecular formula is C19H30N4O. The van der Waals surface area contributed by atoms with Gasteiger partial charge in [-0.1, -0.05) is 6.42 Å². The monoisotopic (exact) mass is 330 g/mol. The number of amides is 1. The topological polar surface area (TPSA) is 48.5 Å². The van der Waals surface area contributed by atoms with Crippen LogP contribution in [-0.4, -0.2) is 60.0 Å². The second kappa shape index (κ2) is 9.14. The average molecular weight is 330 g/mol. The lowest BCUT2D eigenvalue weighted by atomic mass is 9.97. The van der Waals surface area contributed by atoms with Gasteiger partial charge in [0.05, 0.1) is 6.54 Å². The number of rotatable bonds is 6. The molecule has 0 radical (unpaired) electrons. The fourth-order valence-corrected chi connectivity index (χ4v) is 3.84. The van der Waals surface area contributed by atoms with Crippen LogP contribution in [-0.2, 0) is 11.3 Å². The smallest absolute Gasteiger partial charge is 0.234 e. The molecule has 3 rings (SSSR count). The largest absolute Gasteiger partial charge is 0.355 e. The zero-order chi connectivity index (χ0) is 16.6. The lowest BCUT2D eigenvalue weighted by Crippen LogP contribution is -2.44. The van der Waals surface area contributed by atoms with Gasteiger partial charge < -0.3 is 5.32 Å². The highest BCUT2D eigenvalue weighted by Gasteiger charge is 2.21. The van der Waals surface area contributed by atoms with Crippen LogP contribution >= 0.6 is 0 Å². The Morgan fingerprint density at radius 3 is 2.62 bits per heavy atom. The van der Waals surface area contributed by atoms with Gasteiger partial charge in [-0.3, -0.25) is 19.6 Å². The van der Waals surface area contributed by atoms with E-state index in [1.54, 1.807) is 0 Å². The molecule has 2 aliphatic heterocycles. The number of hydrogen-bond acceptors (Lipinski definition) is 4. The van der Waals surface area contributed by atoms with Crippen molar-refractivity contribution >= 4 is 5.91 Å². The van der Waals surface area contributed by atoms with Crippen LogP contribution in [0.4, 0.5) is 0 Å². The van der Waals surface area contributed by atoms with Crippen molar-refractivity contribution in [3.63, 3.8) is 0 Å². The van der Waals surface area contributed by atoms with Gasteiger partial charge in [-0.15, -0.1) is 0 Å². The molecule has 5 heteroatoms. The predicted molar refractivity (Wildman–Crippen MR) is 95.5 cm³/mol. The summed E-state index contributed by atoms with van der Waals surface area (Å²) in [4.78, 5) is 21.0. The maximum Gasteiger partial charge on any atom is 0.234 e. The number of hydrogen-bond donors (Lipinski definition) is 1. The van der Waals surface area contributed by atoms with Crippen LogP contribution in [0.2, 0.25) is 0 Å². The van der Waals surface area contributed by atoms with Crippen molar-refractivity contribution in [1.29, 1.82) is 0 Å². The number of aromatic nitrogens is 1. The molecule has 2 aliphatic rings. The quantitative estimate of drug-likeness (QED) is 0.865. The van der Waals surface area contributed by atoms with Gasteiger partial charge in [-0.2, -0.15) is 0 Å². The molecule has 1 N–H and O–H groups in total. The molecule has 5 nitrogen and oxygen atoms in total. The van der Waals surface area contributed by atoms with E-state index in [0.29, 0.717) is 12.5 Å². The van der Waals surface area contributed by atoms with E-state index in [0.717, 1.165) is 39.3 Å². The van der Waals surface area contributed by atoms with Crippen LogP contribution in [0.1, 0.15) is 37.7 Å². The van der Waals surface area contributed by atoms with Gasteiger partial charge >= 0.3 is 0 Å². The zero-order valence-electron chi connectivity index (χ0n) is 14.6. The first kappa shape index (κ1) is 17.4. The predicted octanol–water partition coefficient (Wildman–Crippen LogP) is 1.90. The standard InChI is InChI=1S/C19H30N4O/c24-19(16-22-10-2-1-3-11-22)21-13-18-5-4-12-23(15-18)14-17-6-8-20-9-7-17/h6-9,18H,1-5,10-16H2,(H,21,24)/t18-/m0/s1. The summed E-state index contributed by atoms with van der Waals surface area (Å²) in [6, 6.07) is 4.17. The van der Waals surface area contributed by atoms with E-state index in [1.807, 2.05) is 12.4 Å². The molecule has 2 fully saturated rings. The minimum atomic E-state index is 0.197. The number of likely N-dealkylation sites (tertiary alicyclic amines) is 2. The Labute approximate surface area is 145 Å². The molecule has 1 amide bonds. The van der Waals surface area contributed by atoms with E-state index < -0.39 is 0 Å². The Morgan fingerprint density at radius 2 is 1.83 bits per heavy atom. The molecule has 132 valence electrons. The molecule has 1 aromatic heterocycles. The zero-order valence-corrected chi connectivity index (χ0v) is 14.6. The Bertz CT molecular complexity index is 501. The summed E-state index contributed by atoms with van der Waals surface area (Å²) in [5.74, 6) is 0.772. The summed E-state index contributed by atoms with van der Waals surface area (Å²) < 4.78 is 0. The second-order valence-corrected chi connectivity index (χ2v) is 7.24. The van der Waals surface area contributed by atoms with Crippen molar-refractivity contribution in [2.45, 2.75) is 38.6 Å². The molecule has 0 bridgehead atoms. The molecule has 0 saturated carbocycles. The molecule has 1 atom stereocenters. The van der Waals surface area contributed by atoms with E-state index in [2.05, 4.69) is 32.2 Å². The lowest BCUT2D eigenvalue weighted by molar-refractivity contribution is -0.122. The highest BCUT2D eigenvalue weighted by molar-refractivity contribution is 5.78. The maximum atomic E-state index is 12.2. The first-order valence-corrected chi connectivity index (χ1v) is 9.40. The maximum absolute atomic E-state index is 12.2. The van der Waals surface area contributed by atoms with Crippen molar-refractivity contribution in [2.75, 3.05) is 39.3 Å². The van der Waals surface area contributed by atoms with Crippen molar-refractivity contribution in [2.24, 2.45) is 5.92 Å². The molecule has 24 heavy (non-hydrogen) atoms. The van der Waals surface area contributed by atoms with Crippen LogP contribution in [0.15, 0.2) is 24.5 Å². The third-order valence-corrected chi connectivity index (χ3v) is 5.16. The molecule has 0 aliphatic carbocycles. The van der Waals surface area contributed by atoms with Crippen molar-refractivity contribution < 1.29 is 4.79 Å². The van der Waals surface area contributed by atoms with Crippen molar-refractivity contribution in [1.82, 2.24) is 20.1 Å². The fraction of sp³-hybridized carbons (Fsp3) is 0.684. The highest BCUT2D eigenvalue weighted by Crippen LogP contribution is 2.18. The van der Waals surface area contributed by atoms with Crippen LogP contribution in [0.25, 0.3) is 0 Å². The third kappa shape index (κ3) is 5.56. The number of carbonyl (C=O) groups excluding carboxylic acids is 1. The molecule has 0 unspecified atom stereocenters. The van der Waals surface area contributed by atoms with E-state index in [1.165, 1.54) is 37.7 Å². The molecule has 1 aromatic rings. The highest BCUT2D eigenvalue weighted by atomic mass is 16.2. The van der Waals surface area contributed by atoms with Gasteiger partial charge in [0.2, 0.25) is 5.91 Å². The second-order valence-electron chi connectivity index (χ2n) is 7.24. The summed E-state index contributed by atoms with van der Waals surface area (Å²) in [7, 11) is 0. The Kier molecular flexibility index (Phi) is 6.61. The molecule has 0 aromatic carbocycles. The SMILES string of the molecule is O=C(CN1CCCCC1)NC[C@@H]1CCCN(Cc2ccncc2)C1. The number of nitrogens with one attached hydrogen (secondary N) is 1. The van der Waals surface area contributed by atoms with Gasteiger partial charge in [-0.25, -0.2) is 0 Å². The summed E-state index contributed by atoms with van der Waals surface area (Å²) in [5.41, 5.74) is 1.32. The van der Waals surface area contributed by atoms with E-state index in [9.17, 15) is 4.79 Å². The van der Waals surface area contributed by atoms with Gasteiger partial charge in [0.15, 0.2) is 0 Å². The Balaban J connectivity index is 1.38. The molecule has 0 spiro atoms. The van der Waals surface area contributed by atoms with Gasteiger partial charge in [-0.05, 0) is 68.9 Å². The van der Waals surface area contributed by atoms with Crippen molar-refractivity contribution in [3.8, 4) is 0 Å². The Morgan fingerprint density at radius 1 is 1.08 bits per heavy atom. The molecule has 2 saturated heterocycles. The minimum Gasteiger partial charge on any atom is -0.355 e. The lowest BCUT2D eigenvalue weighted by Gasteiger charge is -2.33. The van der Waals surface area contributed by atoms with E-state index in [4.69, 9.17) is 0 Å². The Hall–Kier alpha value is -1.46. The number of carbonyl (C=O) groups is 1. The summed E-state index contributed by atoms with van der Waals surface area (Å²) in [6.07, 6.45) is 9.94. The van der Waals surface area contributed by atoms with Crippen molar-refractivity contribution in [3.05, 3.63) is 30.1 Å². The van der Waals surface area contributed by atoms with E-state index in [-0.39, 0.29) is 5.91 Å². The average Bonchev–Trinajstić information content (AvgIpc) is 2.62. The number of pyridine rings is 1. The summed E-state index contributed by atoms with van der Waals surface area (Å²) >= 11 is 0. The van der Waals surface area contributed by atoms with Crippen LogP contribution in [0, 0.1) is 5.92 Å². The van der Waals surface area contributed by atoms with Gasteiger partial charge in [0.1, 0.15) is 0 Å². The first-order valence-electron chi connectivity index (χ1n) is 9.40. The van der Waals surface area contributed by atoms with E-state index >= 15 is 0 Å². The first-order chi connectivity index (χ1) is 11.8. The third-order valence-electron chi connectivity index (χ3n) is 5.16. The van der Waals surface area contributed by atoms with Crippen LogP contribution in [0.3, 0.4) is 0 Å². The van der Waals surface area contributed by atoms with Crippen LogP contribution in [0.5, 0.6) is 0 Å². The fourth-order valence-electron chi connectivity index (χ4n) is 3.84. The molecule has 3 heterocycles.